The highest BCUT2D eigenvalue weighted by Crippen LogP contribution is 2.14. The average Bonchev–Trinajstić information content (AvgIpc) is 2.25. The molecule has 0 radical (unpaired) electrons. The van der Waals surface area contributed by atoms with Crippen molar-refractivity contribution in [1.29, 1.82) is 0 Å². The van der Waals surface area contributed by atoms with E-state index in [1.54, 1.807) is 13.8 Å². The molecule has 2 atom stereocenters. The number of esters is 3. The van der Waals surface area contributed by atoms with Gasteiger partial charge in [-0.15, -0.1) is 0 Å². The Bertz CT molecular complexity index is 291. The SMILES string of the molecule is CCOC(=O)[C@@H](OC(C)=O)[C@@H](Br)C(=O)OCC. The van der Waals surface area contributed by atoms with Crippen LogP contribution in [0.3, 0.4) is 0 Å². The van der Waals surface area contributed by atoms with Crippen LogP contribution >= 0.6 is 15.9 Å². The summed E-state index contributed by atoms with van der Waals surface area (Å²) in [6.45, 7) is 4.66. The first-order chi connectivity index (χ1) is 7.93. The fourth-order valence-corrected chi connectivity index (χ4v) is 1.43. The maximum Gasteiger partial charge on any atom is 0.349 e. The summed E-state index contributed by atoms with van der Waals surface area (Å²) in [4.78, 5) is 32.7. The van der Waals surface area contributed by atoms with Gasteiger partial charge in [-0.05, 0) is 13.8 Å². The van der Waals surface area contributed by atoms with E-state index in [-0.39, 0.29) is 13.2 Å². The van der Waals surface area contributed by atoms with E-state index in [1.807, 2.05) is 0 Å². The Hall–Kier alpha value is -1.11. The van der Waals surface area contributed by atoms with Gasteiger partial charge in [0, 0.05) is 6.92 Å². The van der Waals surface area contributed by atoms with Crippen LogP contribution in [0.15, 0.2) is 0 Å². The van der Waals surface area contributed by atoms with Crippen LogP contribution in [0.2, 0.25) is 0 Å². The maximum absolute atomic E-state index is 11.5. The Kier molecular flexibility index (Phi) is 7.53. The van der Waals surface area contributed by atoms with Crippen molar-refractivity contribution in [2.45, 2.75) is 31.7 Å². The minimum atomic E-state index is -1.34. The van der Waals surface area contributed by atoms with Gasteiger partial charge in [0.05, 0.1) is 13.2 Å². The number of hydrogen-bond donors (Lipinski definition) is 0. The lowest BCUT2D eigenvalue weighted by Crippen LogP contribution is -2.41. The van der Waals surface area contributed by atoms with Crippen LogP contribution in [-0.4, -0.2) is 42.1 Å². The lowest BCUT2D eigenvalue weighted by Gasteiger charge is -2.19. The Morgan fingerprint density at radius 3 is 1.94 bits per heavy atom. The van der Waals surface area contributed by atoms with E-state index >= 15 is 0 Å². The van der Waals surface area contributed by atoms with Crippen molar-refractivity contribution in [2.24, 2.45) is 0 Å². The molecule has 0 spiro atoms. The number of carbonyl (C=O) groups excluding carboxylic acids is 3. The minimum Gasteiger partial charge on any atom is -0.465 e. The van der Waals surface area contributed by atoms with Gasteiger partial charge >= 0.3 is 17.9 Å². The van der Waals surface area contributed by atoms with Crippen LogP contribution < -0.4 is 0 Å². The molecule has 98 valence electrons. The van der Waals surface area contributed by atoms with E-state index in [9.17, 15) is 14.4 Å². The first kappa shape index (κ1) is 15.9. The first-order valence-corrected chi connectivity index (χ1v) is 6.00. The number of rotatable bonds is 6. The van der Waals surface area contributed by atoms with Crippen LogP contribution in [-0.2, 0) is 28.6 Å². The third kappa shape index (κ3) is 5.67. The number of halogens is 1. The van der Waals surface area contributed by atoms with Crippen molar-refractivity contribution in [1.82, 2.24) is 0 Å². The normalized spacial score (nSPS) is 13.4. The highest BCUT2D eigenvalue weighted by Gasteiger charge is 2.36. The van der Waals surface area contributed by atoms with Crippen LogP contribution in [0.4, 0.5) is 0 Å². The number of carbonyl (C=O) groups is 3. The second-order valence-corrected chi connectivity index (χ2v) is 3.92. The zero-order valence-electron chi connectivity index (χ0n) is 9.90. The van der Waals surface area contributed by atoms with Crippen molar-refractivity contribution in [3.05, 3.63) is 0 Å². The predicted molar refractivity (Wildman–Crippen MR) is 61.5 cm³/mol. The van der Waals surface area contributed by atoms with Crippen LogP contribution in [0.25, 0.3) is 0 Å². The Balaban J connectivity index is 4.71. The lowest BCUT2D eigenvalue weighted by atomic mass is 10.2. The molecule has 0 aliphatic heterocycles. The molecule has 6 nitrogen and oxygen atoms in total. The molecule has 0 N–H and O–H groups in total. The average molecular weight is 311 g/mol. The van der Waals surface area contributed by atoms with E-state index in [0.29, 0.717) is 0 Å². The molecule has 0 fully saturated rings. The molecule has 0 aromatic rings. The van der Waals surface area contributed by atoms with Crippen molar-refractivity contribution < 1.29 is 28.6 Å². The van der Waals surface area contributed by atoms with Crippen LogP contribution in [0.1, 0.15) is 20.8 Å². The molecule has 17 heavy (non-hydrogen) atoms. The zero-order valence-corrected chi connectivity index (χ0v) is 11.5. The fourth-order valence-electron chi connectivity index (χ4n) is 0.976. The topological polar surface area (TPSA) is 78.9 Å². The standard InChI is InChI=1S/C10H15BrO6/c1-4-15-9(13)7(11)8(17-6(3)12)10(14)16-5-2/h7-8H,4-5H2,1-3H3/t7-,8+/m1/s1. The molecule has 0 aromatic carbocycles. The quantitative estimate of drug-likeness (QED) is 0.410. The van der Waals surface area contributed by atoms with Gasteiger partial charge in [0.25, 0.3) is 0 Å². The van der Waals surface area contributed by atoms with E-state index in [1.165, 1.54) is 0 Å². The van der Waals surface area contributed by atoms with Crippen molar-refractivity contribution in [2.75, 3.05) is 13.2 Å². The summed E-state index contributed by atoms with van der Waals surface area (Å²) in [6, 6.07) is 0. The molecule has 0 amide bonds. The third-order valence-corrected chi connectivity index (χ3v) is 2.44. The van der Waals surface area contributed by atoms with Crippen LogP contribution in [0.5, 0.6) is 0 Å². The van der Waals surface area contributed by atoms with Gasteiger partial charge in [-0.1, -0.05) is 15.9 Å². The van der Waals surface area contributed by atoms with Gasteiger partial charge in [-0.2, -0.15) is 0 Å². The molecule has 0 heterocycles. The van der Waals surface area contributed by atoms with Gasteiger partial charge in [0.15, 0.2) is 4.83 Å². The predicted octanol–water partition coefficient (Wildman–Crippen LogP) is 0.808. The van der Waals surface area contributed by atoms with Gasteiger partial charge in [-0.25, -0.2) is 4.79 Å². The highest BCUT2D eigenvalue weighted by molar-refractivity contribution is 9.10. The van der Waals surface area contributed by atoms with Gasteiger partial charge in [0.1, 0.15) is 0 Å². The molecule has 0 saturated heterocycles. The molecule has 0 aromatic heterocycles. The minimum absolute atomic E-state index is 0.124. The summed E-state index contributed by atoms with van der Waals surface area (Å²) in [5.41, 5.74) is 0. The molecule has 0 aliphatic carbocycles. The summed E-state index contributed by atoms with van der Waals surface area (Å²) < 4.78 is 14.1. The van der Waals surface area contributed by atoms with E-state index in [4.69, 9.17) is 14.2 Å². The lowest BCUT2D eigenvalue weighted by molar-refractivity contribution is -0.169. The summed E-state index contributed by atoms with van der Waals surface area (Å²) >= 11 is 2.96. The summed E-state index contributed by atoms with van der Waals surface area (Å²) in [6.07, 6.45) is -1.34. The fraction of sp³-hybridized carbons (Fsp3) is 0.700. The first-order valence-electron chi connectivity index (χ1n) is 5.08. The Morgan fingerprint density at radius 2 is 1.53 bits per heavy atom. The van der Waals surface area contributed by atoms with Gasteiger partial charge < -0.3 is 14.2 Å². The molecule has 7 heteroatoms. The third-order valence-electron chi connectivity index (χ3n) is 1.59. The highest BCUT2D eigenvalue weighted by atomic mass is 79.9. The molecular formula is C10H15BrO6. The molecule has 0 unspecified atom stereocenters. The van der Waals surface area contributed by atoms with Crippen molar-refractivity contribution >= 4 is 33.8 Å². The second-order valence-electron chi connectivity index (χ2n) is 2.94. The van der Waals surface area contributed by atoms with Crippen molar-refractivity contribution in [3.8, 4) is 0 Å². The summed E-state index contributed by atoms with van der Waals surface area (Å²) in [7, 11) is 0. The van der Waals surface area contributed by atoms with Gasteiger partial charge in [-0.3, -0.25) is 9.59 Å². The maximum atomic E-state index is 11.5. The number of ether oxygens (including phenoxy) is 3. The molecule has 0 bridgehead atoms. The summed E-state index contributed by atoms with van der Waals surface area (Å²) in [5, 5.41) is 0. The van der Waals surface area contributed by atoms with E-state index < -0.39 is 28.8 Å². The molecule has 0 aliphatic rings. The molecule has 0 saturated carbocycles. The second kappa shape index (κ2) is 8.05. The van der Waals surface area contributed by atoms with Gasteiger partial charge in [0.2, 0.25) is 6.10 Å². The monoisotopic (exact) mass is 310 g/mol. The molecular weight excluding hydrogens is 296 g/mol. The Labute approximate surface area is 108 Å². The number of alkyl halides is 1. The largest absolute Gasteiger partial charge is 0.465 e. The number of hydrogen-bond acceptors (Lipinski definition) is 6. The van der Waals surface area contributed by atoms with E-state index in [2.05, 4.69) is 15.9 Å². The Morgan fingerprint density at radius 1 is 1.06 bits per heavy atom. The molecule has 0 rings (SSSR count). The van der Waals surface area contributed by atoms with Crippen LogP contribution in [0, 0.1) is 0 Å². The van der Waals surface area contributed by atoms with E-state index in [0.717, 1.165) is 6.92 Å². The smallest absolute Gasteiger partial charge is 0.349 e. The zero-order chi connectivity index (χ0) is 13.4. The summed E-state index contributed by atoms with van der Waals surface area (Å²) in [5.74, 6) is -2.17. The van der Waals surface area contributed by atoms with Crippen molar-refractivity contribution in [3.63, 3.8) is 0 Å².